The number of rotatable bonds is 9. The molecule has 0 spiro atoms. The van der Waals surface area contributed by atoms with Gasteiger partial charge in [0.05, 0.1) is 13.4 Å². The van der Waals surface area contributed by atoms with Crippen LogP contribution in [-0.4, -0.2) is 48.8 Å². The van der Waals surface area contributed by atoms with Crippen molar-refractivity contribution in [2.45, 2.75) is 18.5 Å². The zero-order valence-electron chi connectivity index (χ0n) is 16.6. The average Bonchev–Trinajstić information content (AvgIpc) is 3.11. The van der Waals surface area contributed by atoms with Gasteiger partial charge in [0.2, 0.25) is 10.0 Å². The second-order valence-electron chi connectivity index (χ2n) is 6.57. The van der Waals surface area contributed by atoms with Gasteiger partial charge in [-0.3, -0.25) is 4.57 Å². The highest BCUT2D eigenvalue weighted by atomic mass is 32.2. The summed E-state index contributed by atoms with van der Waals surface area (Å²) in [5.41, 5.74) is 3.08. The lowest BCUT2D eigenvalue weighted by Gasteiger charge is -2.11. The van der Waals surface area contributed by atoms with E-state index in [1.54, 1.807) is 18.9 Å². The standard InChI is InChI=1S/C20H24N4O3S2/c1-15-5-9-17(10-6-15)24-19(16-7-11-18(27-2)12-8-16)22-23-20(24)28-14-4-13-21-29(3,25)26/h5-12,21H,4,13-14H2,1-3H3. The van der Waals surface area contributed by atoms with Gasteiger partial charge in [0, 0.05) is 23.5 Å². The number of thioether (sulfide) groups is 1. The Labute approximate surface area is 175 Å². The third-order valence-electron chi connectivity index (χ3n) is 4.19. The molecule has 0 aliphatic heterocycles. The Morgan fingerprint density at radius 3 is 2.38 bits per heavy atom. The predicted molar refractivity (Wildman–Crippen MR) is 116 cm³/mol. The average molecular weight is 433 g/mol. The number of sulfonamides is 1. The molecule has 1 aromatic heterocycles. The number of benzene rings is 2. The van der Waals surface area contributed by atoms with Gasteiger partial charge in [0.25, 0.3) is 0 Å². The molecular formula is C20H24N4O3S2. The zero-order valence-corrected chi connectivity index (χ0v) is 18.3. The molecule has 3 rings (SSSR count). The topological polar surface area (TPSA) is 86.1 Å². The fourth-order valence-electron chi connectivity index (χ4n) is 2.71. The van der Waals surface area contributed by atoms with Gasteiger partial charge < -0.3 is 4.74 Å². The lowest BCUT2D eigenvalue weighted by molar-refractivity contribution is 0.415. The largest absolute Gasteiger partial charge is 0.497 e. The molecule has 0 atom stereocenters. The minimum Gasteiger partial charge on any atom is -0.497 e. The molecule has 154 valence electrons. The van der Waals surface area contributed by atoms with Crippen molar-refractivity contribution in [1.29, 1.82) is 0 Å². The van der Waals surface area contributed by atoms with Gasteiger partial charge in [0.15, 0.2) is 11.0 Å². The van der Waals surface area contributed by atoms with Crippen LogP contribution in [-0.2, 0) is 10.0 Å². The van der Waals surface area contributed by atoms with E-state index in [4.69, 9.17) is 4.74 Å². The molecule has 0 aliphatic rings. The Morgan fingerprint density at radius 2 is 1.76 bits per heavy atom. The summed E-state index contributed by atoms with van der Waals surface area (Å²) in [6.45, 7) is 2.45. The van der Waals surface area contributed by atoms with E-state index < -0.39 is 10.0 Å². The fraction of sp³-hybridized carbons (Fsp3) is 0.300. The van der Waals surface area contributed by atoms with Crippen LogP contribution in [0.4, 0.5) is 0 Å². The third kappa shape index (κ3) is 5.81. The molecule has 0 radical (unpaired) electrons. The Hall–Kier alpha value is -2.36. The van der Waals surface area contributed by atoms with Gasteiger partial charge >= 0.3 is 0 Å². The smallest absolute Gasteiger partial charge is 0.208 e. The van der Waals surface area contributed by atoms with Crippen LogP contribution in [0.2, 0.25) is 0 Å². The number of nitrogens with zero attached hydrogens (tertiary/aromatic N) is 3. The first-order chi connectivity index (χ1) is 13.9. The lowest BCUT2D eigenvalue weighted by atomic mass is 10.2. The van der Waals surface area contributed by atoms with E-state index in [1.165, 1.54) is 5.56 Å². The van der Waals surface area contributed by atoms with Crippen molar-refractivity contribution in [2.24, 2.45) is 0 Å². The maximum Gasteiger partial charge on any atom is 0.208 e. The summed E-state index contributed by atoms with van der Waals surface area (Å²) in [6.07, 6.45) is 1.85. The quantitative estimate of drug-likeness (QED) is 0.413. The van der Waals surface area contributed by atoms with Crippen LogP contribution in [0.25, 0.3) is 17.1 Å². The second kappa shape index (κ2) is 9.43. The van der Waals surface area contributed by atoms with Gasteiger partial charge in [-0.2, -0.15) is 0 Å². The molecule has 0 saturated heterocycles. The Balaban J connectivity index is 1.86. The molecule has 0 unspecified atom stereocenters. The van der Waals surface area contributed by atoms with E-state index >= 15 is 0 Å². The summed E-state index contributed by atoms with van der Waals surface area (Å²) in [7, 11) is -1.53. The molecular weight excluding hydrogens is 408 g/mol. The van der Waals surface area contributed by atoms with Crippen LogP contribution in [0.5, 0.6) is 5.75 Å². The van der Waals surface area contributed by atoms with Gasteiger partial charge in [-0.25, -0.2) is 13.1 Å². The van der Waals surface area contributed by atoms with E-state index in [1.807, 2.05) is 47.9 Å². The number of aryl methyl sites for hydroxylation is 1. The summed E-state index contributed by atoms with van der Waals surface area (Å²) in [4.78, 5) is 0. The van der Waals surface area contributed by atoms with Crippen molar-refractivity contribution in [1.82, 2.24) is 19.5 Å². The molecule has 0 amide bonds. The van der Waals surface area contributed by atoms with E-state index in [-0.39, 0.29) is 0 Å². The van der Waals surface area contributed by atoms with Crippen LogP contribution in [0, 0.1) is 6.92 Å². The summed E-state index contributed by atoms with van der Waals surface area (Å²) >= 11 is 1.55. The van der Waals surface area contributed by atoms with Crippen LogP contribution < -0.4 is 9.46 Å². The monoisotopic (exact) mass is 432 g/mol. The summed E-state index contributed by atoms with van der Waals surface area (Å²) < 4.78 is 32.1. The van der Waals surface area contributed by atoms with Crippen LogP contribution in [0.3, 0.4) is 0 Å². The maximum absolute atomic E-state index is 11.2. The molecule has 1 heterocycles. The minimum atomic E-state index is -3.16. The van der Waals surface area contributed by atoms with E-state index in [9.17, 15) is 8.42 Å². The van der Waals surface area contributed by atoms with E-state index in [2.05, 4.69) is 27.1 Å². The normalized spacial score (nSPS) is 11.6. The van der Waals surface area contributed by atoms with Crippen LogP contribution >= 0.6 is 11.8 Å². The van der Waals surface area contributed by atoms with Gasteiger partial charge in [-0.05, 0) is 49.7 Å². The van der Waals surface area contributed by atoms with Crippen LogP contribution in [0.15, 0.2) is 53.7 Å². The number of methoxy groups -OCH3 is 1. The first-order valence-corrected chi connectivity index (χ1v) is 12.0. The highest BCUT2D eigenvalue weighted by Crippen LogP contribution is 2.29. The molecule has 7 nitrogen and oxygen atoms in total. The molecule has 0 bridgehead atoms. The van der Waals surface area contributed by atoms with Gasteiger partial charge in [-0.15, -0.1) is 10.2 Å². The summed E-state index contributed by atoms with van der Waals surface area (Å²) in [5.74, 6) is 2.24. The predicted octanol–water partition coefficient (Wildman–Crippen LogP) is 3.28. The second-order valence-corrected chi connectivity index (χ2v) is 9.47. The number of nitrogens with one attached hydrogen (secondary N) is 1. The Kier molecular flexibility index (Phi) is 6.94. The highest BCUT2D eigenvalue weighted by molar-refractivity contribution is 7.99. The van der Waals surface area contributed by atoms with Crippen molar-refractivity contribution in [3.05, 3.63) is 54.1 Å². The molecule has 3 aromatic rings. The lowest BCUT2D eigenvalue weighted by Crippen LogP contribution is -2.23. The SMILES string of the molecule is COc1ccc(-c2nnc(SCCCNS(C)(=O)=O)n2-c2ccc(C)cc2)cc1. The van der Waals surface area contributed by atoms with Crippen LogP contribution in [0.1, 0.15) is 12.0 Å². The molecule has 0 fully saturated rings. The minimum absolute atomic E-state index is 0.399. The summed E-state index contributed by atoms with van der Waals surface area (Å²) in [6, 6.07) is 15.9. The first kappa shape index (κ1) is 21.4. The number of hydrogen-bond acceptors (Lipinski definition) is 6. The number of aromatic nitrogens is 3. The Bertz CT molecular complexity index is 1050. The summed E-state index contributed by atoms with van der Waals surface area (Å²) in [5, 5.41) is 9.57. The van der Waals surface area contributed by atoms with E-state index in [0.717, 1.165) is 40.0 Å². The third-order valence-corrected chi connectivity index (χ3v) is 5.93. The molecule has 2 aromatic carbocycles. The van der Waals surface area contributed by atoms with Crippen molar-refractivity contribution in [3.8, 4) is 22.8 Å². The maximum atomic E-state index is 11.2. The number of ether oxygens (including phenoxy) is 1. The van der Waals surface area contributed by atoms with E-state index in [0.29, 0.717) is 13.0 Å². The molecule has 0 saturated carbocycles. The van der Waals surface area contributed by atoms with Crippen molar-refractivity contribution in [2.75, 3.05) is 25.7 Å². The highest BCUT2D eigenvalue weighted by Gasteiger charge is 2.16. The first-order valence-electron chi connectivity index (χ1n) is 9.12. The molecule has 9 heteroatoms. The molecule has 29 heavy (non-hydrogen) atoms. The number of hydrogen-bond donors (Lipinski definition) is 1. The van der Waals surface area contributed by atoms with Gasteiger partial charge in [0.1, 0.15) is 5.75 Å². The molecule has 0 aliphatic carbocycles. The van der Waals surface area contributed by atoms with Gasteiger partial charge in [-0.1, -0.05) is 29.5 Å². The van der Waals surface area contributed by atoms with Crippen molar-refractivity contribution >= 4 is 21.8 Å². The van der Waals surface area contributed by atoms with Crippen molar-refractivity contribution < 1.29 is 13.2 Å². The Morgan fingerprint density at radius 1 is 1.07 bits per heavy atom. The zero-order chi connectivity index (χ0) is 20.9. The fourth-order valence-corrected chi connectivity index (χ4v) is 4.12. The molecule has 1 N–H and O–H groups in total. The van der Waals surface area contributed by atoms with Crippen molar-refractivity contribution in [3.63, 3.8) is 0 Å².